The molecule has 0 spiro atoms. The number of amides is 1. The minimum Gasteiger partial charge on any atom is -0.497 e. The summed E-state index contributed by atoms with van der Waals surface area (Å²) in [7, 11) is 1.61. The van der Waals surface area contributed by atoms with E-state index in [1.807, 2.05) is 38.1 Å². The molecule has 0 saturated heterocycles. The highest BCUT2D eigenvalue weighted by molar-refractivity contribution is 8.00. The van der Waals surface area contributed by atoms with Crippen LogP contribution >= 0.6 is 11.8 Å². The lowest BCUT2D eigenvalue weighted by atomic mass is 10.2. The first-order valence-corrected chi connectivity index (χ1v) is 9.31. The summed E-state index contributed by atoms with van der Waals surface area (Å²) in [6, 6.07) is 7.37. The smallest absolute Gasteiger partial charge is 0.233 e. The first kappa shape index (κ1) is 20.1. The van der Waals surface area contributed by atoms with Gasteiger partial charge in [0, 0.05) is 25.3 Å². The van der Waals surface area contributed by atoms with Gasteiger partial charge in [0.25, 0.3) is 0 Å². The largest absolute Gasteiger partial charge is 0.497 e. The number of aromatic nitrogens is 3. The zero-order chi connectivity index (χ0) is 18.9. The molecule has 8 nitrogen and oxygen atoms in total. The molecule has 2 rings (SSSR count). The van der Waals surface area contributed by atoms with E-state index >= 15 is 0 Å². The minimum absolute atomic E-state index is 0.0690. The lowest BCUT2D eigenvalue weighted by Crippen LogP contribution is -2.32. The fourth-order valence-corrected chi connectivity index (χ4v) is 2.97. The topological polar surface area (TPSA) is 104 Å². The Labute approximate surface area is 157 Å². The molecule has 26 heavy (non-hydrogen) atoms. The van der Waals surface area contributed by atoms with Crippen LogP contribution in [-0.4, -0.2) is 52.9 Å². The van der Waals surface area contributed by atoms with Crippen molar-refractivity contribution in [1.82, 2.24) is 20.2 Å². The number of benzene rings is 1. The Morgan fingerprint density at radius 1 is 1.35 bits per heavy atom. The fraction of sp³-hybridized carbons (Fsp3) is 0.471. The van der Waals surface area contributed by atoms with Crippen molar-refractivity contribution in [2.45, 2.75) is 30.7 Å². The molecular weight excluding hydrogens is 354 g/mol. The molecule has 3 N–H and O–H groups in total. The van der Waals surface area contributed by atoms with Crippen molar-refractivity contribution < 1.29 is 14.3 Å². The molecule has 0 saturated carbocycles. The Hall–Kier alpha value is -2.26. The molecule has 1 aromatic heterocycles. The number of rotatable bonds is 10. The zero-order valence-corrected chi connectivity index (χ0v) is 16.1. The van der Waals surface area contributed by atoms with Crippen molar-refractivity contribution in [3.63, 3.8) is 0 Å². The first-order chi connectivity index (χ1) is 12.6. The summed E-state index contributed by atoms with van der Waals surface area (Å²) in [5, 5.41) is 11.2. The minimum atomic E-state index is -0.336. The highest BCUT2D eigenvalue weighted by Gasteiger charge is 2.19. The standard InChI is InChI=1S/C17H25N5O3S/c1-4-25-11-5-10-19-16(23)12(2)26-17-21-20-15(22(17)18)13-6-8-14(24-3)9-7-13/h6-9,12H,4-5,10-11,18H2,1-3H3,(H,19,23). The fourth-order valence-electron chi connectivity index (χ4n) is 2.18. The number of ether oxygens (including phenoxy) is 2. The molecule has 1 atom stereocenters. The molecule has 142 valence electrons. The van der Waals surface area contributed by atoms with Gasteiger partial charge in [-0.2, -0.15) is 0 Å². The second-order valence-electron chi connectivity index (χ2n) is 5.51. The van der Waals surface area contributed by atoms with Crippen molar-refractivity contribution in [3.05, 3.63) is 24.3 Å². The summed E-state index contributed by atoms with van der Waals surface area (Å²) in [6.07, 6.45) is 0.783. The van der Waals surface area contributed by atoms with Gasteiger partial charge < -0.3 is 20.6 Å². The van der Waals surface area contributed by atoms with Gasteiger partial charge in [-0.05, 0) is 44.5 Å². The van der Waals surface area contributed by atoms with Crippen LogP contribution in [0.2, 0.25) is 0 Å². The molecule has 0 bridgehead atoms. The van der Waals surface area contributed by atoms with Gasteiger partial charge in [-0.15, -0.1) is 10.2 Å². The molecule has 1 unspecified atom stereocenters. The van der Waals surface area contributed by atoms with Gasteiger partial charge in [0.1, 0.15) is 5.75 Å². The molecule has 1 heterocycles. The highest BCUT2D eigenvalue weighted by atomic mass is 32.2. The third-order valence-corrected chi connectivity index (χ3v) is 4.69. The summed E-state index contributed by atoms with van der Waals surface area (Å²) in [5.74, 6) is 7.31. The van der Waals surface area contributed by atoms with E-state index in [4.69, 9.17) is 15.3 Å². The number of thioether (sulfide) groups is 1. The van der Waals surface area contributed by atoms with Crippen molar-refractivity contribution >= 4 is 17.7 Å². The molecule has 1 amide bonds. The summed E-state index contributed by atoms with van der Waals surface area (Å²) in [6.45, 7) is 5.66. The van der Waals surface area contributed by atoms with Crippen LogP contribution in [0.25, 0.3) is 11.4 Å². The van der Waals surface area contributed by atoms with E-state index in [2.05, 4.69) is 15.5 Å². The average molecular weight is 379 g/mol. The molecule has 2 aromatic rings. The number of hydrogen-bond donors (Lipinski definition) is 2. The van der Waals surface area contributed by atoms with E-state index < -0.39 is 0 Å². The second-order valence-corrected chi connectivity index (χ2v) is 6.81. The summed E-state index contributed by atoms with van der Waals surface area (Å²) in [4.78, 5) is 12.2. The number of nitrogens with zero attached hydrogens (tertiary/aromatic N) is 3. The predicted octanol–water partition coefficient (Wildman–Crippen LogP) is 1.69. The Bertz CT molecular complexity index is 705. The predicted molar refractivity (Wildman–Crippen MR) is 102 cm³/mol. The molecular formula is C17H25N5O3S. The number of hydrogen-bond acceptors (Lipinski definition) is 7. The second kappa shape index (κ2) is 10.0. The van der Waals surface area contributed by atoms with Crippen molar-refractivity contribution in [1.29, 1.82) is 0 Å². The van der Waals surface area contributed by atoms with Crippen LogP contribution in [0.3, 0.4) is 0 Å². The molecule has 1 aromatic carbocycles. The Morgan fingerprint density at radius 3 is 2.73 bits per heavy atom. The summed E-state index contributed by atoms with van der Waals surface area (Å²) >= 11 is 1.27. The molecule has 9 heteroatoms. The molecule has 0 aliphatic heterocycles. The summed E-state index contributed by atoms with van der Waals surface area (Å²) < 4.78 is 11.8. The van der Waals surface area contributed by atoms with Crippen LogP contribution < -0.4 is 15.9 Å². The number of nitrogens with one attached hydrogen (secondary N) is 1. The van der Waals surface area contributed by atoms with Crippen LogP contribution in [-0.2, 0) is 9.53 Å². The van der Waals surface area contributed by atoms with Crippen molar-refractivity contribution in [2.75, 3.05) is 32.7 Å². The Kier molecular flexibility index (Phi) is 7.73. The van der Waals surface area contributed by atoms with Crippen LogP contribution in [0.5, 0.6) is 5.75 Å². The highest BCUT2D eigenvalue weighted by Crippen LogP contribution is 2.25. The Morgan fingerprint density at radius 2 is 2.08 bits per heavy atom. The summed E-state index contributed by atoms with van der Waals surface area (Å²) in [5.41, 5.74) is 0.820. The van der Waals surface area contributed by atoms with Gasteiger partial charge in [-0.3, -0.25) is 4.79 Å². The SMILES string of the molecule is CCOCCCNC(=O)C(C)Sc1nnc(-c2ccc(OC)cc2)n1N. The molecule has 0 radical (unpaired) electrons. The number of carbonyl (C=O) groups excluding carboxylic acids is 1. The van der Waals surface area contributed by atoms with Crippen LogP contribution in [0.4, 0.5) is 0 Å². The third kappa shape index (κ3) is 5.37. The van der Waals surface area contributed by atoms with E-state index in [0.717, 1.165) is 17.7 Å². The van der Waals surface area contributed by atoms with Crippen molar-refractivity contribution in [3.8, 4) is 17.1 Å². The number of carbonyl (C=O) groups is 1. The molecule has 0 aliphatic carbocycles. The van der Waals surface area contributed by atoms with Gasteiger partial charge in [-0.1, -0.05) is 11.8 Å². The lowest BCUT2D eigenvalue weighted by molar-refractivity contribution is -0.120. The van der Waals surface area contributed by atoms with E-state index in [1.165, 1.54) is 16.4 Å². The van der Waals surface area contributed by atoms with E-state index in [9.17, 15) is 4.79 Å². The maximum Gasteiger partial charge on any atom is 0.233 e. The first-order valence-electron chi connectivity index (χ1n) is 8.43. The maximum atomic E-state index is 12.2. The van der Waals surface area contributed by atoms with Gasteiger partial charge in [-0.25, -0.2) is 4.68 Å². The number of nitrogen functional groups attached to an aromatic ring is 1. The number of methoxy groups -OCH3 is 1. The van der Waals surface area contributed by atoms with Gasteiger partial charge in [0.15, 0.2) is 5.82 Å². The van der Waals surface area contributed by atoms with E-state index in [-0.39, 0.29) is 11.2 Å². The monoisotopic (exact) mass is 379 g/mol. The van der Waals surface area contributed by atoms with Crippen LogP contribution in [0.1, 0.15) is 20.3 Å². The zero-order valence-electron chi connectivity index (χ0n) is 15.3. The van der Waals surface area contributed by atoms with E-state index in [0.29, 0.717) is 30.7 Å². The lowest BCUT2D eigenvalue weighted by Gasteiger charge is -2.11. The molecule has 0 fully saturated rings. The molecule has 0 aliphatic rings. The number of nitrogens with two attached hydrogens (primary N) is 1. The van der Waals surface area contributed by atoms with Crippen LogP contribution in [0, 0.1) is 0 Å². The maximum absolute atomic E-state index is 12.2. The van der Waals surface area contributed by atoms with Gasteiger partial charge in [0.05, 0.1) is 12.4 Å². The van der Waals surface area contributed by atoms with Crippen molar-refractivity contribution in [2.24, 2.45) is 0 Å². The normalized spacial score (nSPS) is 12.0. The average Bonchev–Trinajstić information content (AvgIpc) is 3.02. The van der Waals surface area contributed by atoms with E-state index in [1.54, 1.807) is 7.11 Å². The van der Waals surface area contributed by atoms with Gasteiger partial charge in [0.2, 0.25) is 11.1 Å². The Balaban J connectivity index is 1.93. The quantitative estimate of drug-likeness (QED) is 0.368. The third-order valence-electron chi connectivity index (χ3n) is 3.63. The van der Waals surface area contributed by atoms with Crippen LogP contribution in [0.15, 0.2) is 29.4 Å². The van der Waals surface area contributed by atoms with Gasteiger partial charge >= 0.3 is 0 Å².